The summed E-state index contributed by atoms with van der Waals surface area (Å²) in [5.74, 6) is 2.77. The molecule has 0 radical (unpaired) electrons. The van der Waals surface area contributed by atoms with Crippen molar-refractivity contribution in [1.29, 1.82) is 0 Å². The fraction of sp³-hybridized carbons (Fsp3) is 0.636. The standard InChI is InChI=1S/C11H19N5/c1-7(8-4-5-8)16(3)10-6-9(13-2)14-11(12)15-10/h6-8H,4-5H2,1-3H3,(H3,12,13,14,15). The number of nitrogen functional groups attached to an aromatic ring is 1. The van der Waals surface area contributed by atoms with Crippen LogP contribution in [0.5, 0.6) is 0 Å². The zero-order valence-electron chi connectivity index (χ0n) is 10.1. The van der Waals surface area contributed by atoms with Crippen LogP contribution in [0.1, 0.15) is 19.8 Å². The Hall–Kier alpha value is -1.52. The van der Waals surface area contributed by atoms with Crippen molar-refractivity contribution in [2.24, 2.45) is 5.92 Å². The van der Waals surface area contributed by atoms with Crippen LogP contribution in [0.15, 0.2) is 6.07 Å². The molecule has 0 bridgehead atoms. The van der Waals surface area contributed by atoms with Crippen molar-refractivity contribution in [3.05, 3.63) is 6.07 Å². The third-order valence-corrected chi connectivity index (χ3v) is 3.26. The predicted molar refractivity (Wildman–Crippen MR) is 66.6 cm³/mol. The number of aromatic nitrogens is 2. The summed E-state index contributed by atoms with van der Waals surface area (Å²) in [4.78, 5) is 10.5. The molecule has 5 nitrogen and oxygen atoms in total. The third kappa shape index (κ3) is 2.18. The minimum absolute atomic E-state index is 0.316. The highest BCUT2D eigenvalue weighted by Crippen LogP contribution is 2.36. The molecule has 1 aromatic heterocycles. The van der Waals surface area contributed by atoms with Gasteiger partial charge < -0.3 is 16.0 Å². The number of nitrogens with two attached hydrogens (primary N) is 1. The van der Waals surface area contributed by atoms with E-state index in [0.717, 1.165) is 17.6 Å². The fourth-order valence-electron chi connectivity index (χ4n) is 1.86. The van der Waals surface area contributed by atoms with Gasteiger partial charge in [0.1, 0.15) is 11.6 Å². The van der Waals surface area contributed by atoms with Gasteiger partial charge in [0.05, 0.1) is 0 Å². The van der Waals surface area contributed by atoms with E-state index < -0.39 is 0 Å². The van der Waals surface area contributed by atoms with Gasteiger partial charge in [-0.3, -0.25) is 0 Å². The second-order valence-electron chi connectivity index (χ2n) is 4.41. The van der Waals surface area contributed by atoms with Crippen molar-refractivity contribution in [2.75, 3.05) is 30.0 Å². The zero-order chi connectivity index (χ0) is 11.7. The van der Waals surface area contributed by atoms with Crippen LogP contribution in [0, 0.1) is 5.92 Å². The van der Waals surface area contributed by atoms with Gasteiger partial charge in [0.25, 0.3) is 0 Å². The van der Waals surface area contributed by atoms with Crippen molar-refractivity contribution in [3.8, 4) is 0 Å². The minimum Gasteiger partial charge on any atom is -0.373 e. The van der Waals surface area contributed by atoms with Gasteiger partial charge in [-0.1, -0.05) is 0 Å². The van der Waals surface area contributed by atoms with E-state index in [4.69, 9.17) is 5.73 Å². The summed E-state index contributed by atoms with van der Waals surface area (Å²) in [5, 5.41) is 2.99. The Morgan fingerprint density at radius 1 is 1.50 bits per heavy atom. The SMILES string of the molecule is CNc1cc(N(C)C(C)C2CC2)nc(N)n1. The number of nitrogens with one attached hydrogen (secondary N) is 1. The van der Waals surface area contributed by atoms with Crippen molar-refractivity contribution >= 4 is 17.6 Å². The second kappa shape index (κ2) is 4.15. The Morgan fingerprint density at radius 3 is 2.75 bits per heavy atom. The Labute approximate surface area is 96.1 Å². The summed E-state index contributed by atoms with van der Waals surface area (Å²) >= 11 is 0. The van der Waals surface area contributed by atoms with Crippen molar-refractivity contribution in [1.82, 2.24) is 9.97 Å². The Kier molecular flexibility index (Phi) is 2.85. The highest BCUT2D eigenvalue weighted by Gasteiger charge is 2.31. The average molecular weight is 221 g/mol. The molecule has 0 spiro atoms. The first-order valence-electron chi connectivity index (χ1n) is 5.67. The molecule has 1 aromatic rings. The van der Waals surface area contributed by atoms with Crippen LogP contribution in [-0.2, 0) is 0 Å². The summed E-state index contributed by atoms with van der Waals surface area (Å²) < 4.78 is 0. The lowest BCUT2D eigenvalue weighted by atomic mass is 10.2. The highest BCUT2D eigenvalue weighted by atomic mass is 15.2. The molecule has 0 amide bonds. The van der Waals surface area contributed by atoms with Gasteiger partial charge in [-0.15, -0.1) is 0 Å². The lowest BCUT2D eigenvalue weighted by molar-refractivity contribution is 0.604. The molecular weight excluding hydrogens is 202 g/mol. The first-order valence-corrected chi connectivity index (χ1v) is 5.67. The topological polar surface area (TPSA) is 67.1 Å². The summed E-state index contributed by atoms with van der Waals surface area (Å²) in [6, 6.07) is 2.44. The second-order valence-corrected chi connectivity index (χ2v) is 4.41. The van der Waals surface area contributed by atoms with Gasteiger partial charge in [-0.2, -0.15) is 9.97 Å². The fourth-order valence-corrected chi connectivity index (χ4v) is 1.86. The first kappa shape index (κ1) is 11.0. The summed E-state index contributed by atoms with van der Waals surface area (Å²) in [6.07, 6.45) is 2.65. The average Bonchev–Trinajstić information content (AvgIpc) is 3.10. The zero-order valence-corrected chi connectivity index (χ0v) is 10.1. The van der Waals surface area contributed by atoms with Crippen LogP contribution < -0.4 is 16.0 Å². The number of anilines is 3. The van der Waals surface area contributed by atoms with E-state index in [1.165, 1.54) is 12.8 Å². The Balaban J connectivity index is 2.20. The molecule has 2 rings (SSSR count). The molecule has 1 heterocycles. The van der Waals surface area contributed by atoms with E-state index in [1.807, 2.05) is 13.1 Å². The number of nitrogens with zero attached hydrogens (tertiary/aromatic N) is 3. The molecule has 1 unspecified atom stereocenters. The van der Waals surface area contributed by atoms with Gasteiger partial charge in [-0.05, 0) is 25.7 Å². The highest BCUT2D eigenvalue weighted by molar-refractivity contribution is 5.52. The maximum atomic E-state index is 5.68. The molecule has 0 saturated heterocycles. The molecular formula is C11H19N5. The van der Waals surface area contributed by atoms with Gasteiger partial charge in [0.15, 0.2) is 0 Å². The van der Waals surface area contributed by atoms with Crippen LogP contribution in [0.25, 0.3) is 0 Å². The smallest absolute Gasteiger partial charge is 0.223 e. The molecule has 0 aliphatic heterocycles. The van der Waals surface area contributed by atoms with Gasteiger partial charge in [0.2, 0.25) is 5.95 Å². The van der Waals surface area contributed by atoms with Gasteiger partial charge in [0, 0.05) is 26.2 Å². The molecule has 1 aliphatic rings. The molecule has 5 heteroatoms. The Bertz CT molecular complexity index is 375. The van der Waals surface area contributed by atoms with Crippen LogP contribution in [0.4, 0.5) is 17.6 Å². The van der Waals surface area contributed by atoms with E-state index in [0.29, 0.717) is 12.0 Å². The summed E-state index contributed by atoms with van der Waals surface area (Å²) in [6.45, 7) is 2.23. The van der Waals surface area contributed by atoms with Crippen LogP contribution in [-0.4, -0.2) is 30.1 Å². The molecule has 1 atom stereocenters. The maximum absolute atomic E-state index is 5.68. The summed E-state index contributed by atoms with van der Waals surface area (Å²) in [7, 11) is 3.89. The maximum Gasteiger partial charge on any atom is 0.223 e. The molecule has 1 aliphatic carbocycles. The largest absolute Gasteiger partial charge is 0.373 e. The van der Waals surface area contributed by atoms with Crippen molar-refractivity contribution < 1.29 is 0 Å². The molecule has 3 N–H and O–H groups in total. The Morgan fingerprint density at radius 2 is 2.19 bits per heavy atom. The monoisotopic (exact) mass is 221 g/mol. The van der Waals surface area contributed by atoms with Gasteiger partial charge >= 0.3 is 0 Å². The third-order valence-electron chi connectivity index (χ3n) is 3.26. The van der Waals surface area contributed by atoms with Crippen LogP contribution in [0.2, 0.25) is 0 Å². The minimum atomic E-state index is 0.316. The number of hydrogen-bond acceptors (Lipinski definition) is 5. The lowest BCUT2D eigenvalue weighted by Crippen LogP contribution is -2.31. The lowest BCUT2D eigenvalue weighted by Gasteiger charge is -2.26. The molecule has 0 aromatic carbocycles. The van der Waals surface area contributed by atoms with Crippen LogP contribution in [0.3, 0.4) is 0 Å². The normalized spacial score (nSPS) is 16.9. The van der Waals surface area contributed by atoms with Crippen molar-refractivity contribution in [3.63, 3.8) is 0 Å². The van der Waals surface area contributed by atoms with E-state index in [2.05, 4.69) is 34.2 Å². The number of rotatable bonds is 4. The number of hydrogen-bond donors (Lipinski definition) is 2. The first-order chi connectivity index (χ1) is 7.61. The molecule has 1 saturated carbocycles. The van der Waals surface area contributed by atoms with Crippen molar-refractivity contribution in [2.45, 2.75) is 25.8 Å². The van der Waals surface area contributed by atoms with Gasteiger partial charge in [-0.25, -0.2) is 0 Å². The summed E-state index contributed by atoms with van der Waals surface area (Å²) in [5.41, 5.74) is 5.68. The van der Waals surface area contributed by atoms with E-state index >= 15 is 0 Å². The molecule has 16 heavy (non-hydrogen) atoms. The van der Waals surface area contributed by atoms with E-state index in [1.54, 1.807) is 0 Å². The van der Waals surface area contributed by atoms with E-state index in [-0.39, 0.29) is 0 Å². The van der Waals surface area contributed by atoms with Crippen LogP contribution >= 0.6 is 0 Å². The predicted octanol–water partition coefficient (Wildman–Crippen LogP) is 1.34. The molecule has 1 fully saturated rings. The van der Waals surface area contributed by atoms with E-state index in [9.17, 15) is 0 Å². The quantitative estimate of drug-likeness (QED) is 0.803. The molecule has 88 valence electrons.